The molecular weight excluding hydrogens is 325 g/mol. The molecule has 1 amide bonds. The van der Waals surface area contributed by atoms with Gasteiger partial charge in [0.2, 0.25) is 5.91 Å². The van der Waals surface area contributed by atoms with Crippen molar-refractivity contribution in [1.29, 1.82) is 0 Å². The van der Waals surface area contributed by atoms with Crippen LogP contribution in [-0.2, 0) is 4.79 Å². The maximum atomic E-state index is 11.9. The van der Waals surface area contributed by atoms with Crippen LogP contribution >= 0.6 is 23.2 Å². The highest BCUT2D eigenvalue weighted by Gasteiger charge is 2.15. The second kappa shape index (κ2) is 8.58. The smallest absolute Gasteiger partial charge is 0.234 e. The fraction of sp³-hybridized carbons (Fsp3) is 0.533. The summed E-state index contributed by atoms with van der Waals surface area (Å²) in [6.45, 7) is 4.10. The van der Waals surface area contributed by atoms with E-state index in [0.717, 1.165) is 26.2 Å². The van der Waals surface area contributed by atoms with Crippen LogP contribution in [0.3, 0.4) is 0 Å². The minimum atomic E-state index is 0.0235. The van der Waals surface area contributed by atoms with Gasteiger partial charge in [-0.2, -0.15) is 0 Å². The number of piperazine rings is 1. The van der Waals surface area contributed by atoms with Gasteiger partial charge in [0, 0.05) is 37.6 Å². The molecule has 0 atom stereocenters. The van der Waals surface area contributed by atoms with E-state index in [-0.39, 0.29) is 5.91 Å². The fourth-order valence-electron chi connectivity index (χ4n) is 2.16. The van der Waals surface area contributed by atoms with E-state index in [4.69, 9.17) is 27.9 Å². The summed E-state index contributed by atoms with van der Waals surface area (Å²) >= 11 is 11.8. The Kier molecular flexibility index (Phi) is 6.76. The van der Waals surface area contributed by atoms with E-state index in [1.165, 1.54) is 0 Å². The van der Waals surface area contributed by atoms with Crippen LogP contribution in [0.2, 0.25) is 10.0 Å². The molecule has 0 aromatic heterocycles. The lowest BCUT2D eigenvalue weighted by Gasteiger charge is -2.32. The van der Waals surface area contributed by atoms with Crippen LogP contribution in [0.1, 0.15) is 12.8 Å². The van der Waals surface area contributed by atoms with Crippen LogP contribution in [0, 0.1) is 0 Å². The van der Waals surface area contributed by atoms with Gasteiger partial charge in [0.1, 0.15) is 5.75 Å². The zero-order valence-corrected chi connectivity index (χ0v) is 14.2. The number of nitrogens with one attached hydrogen (secondary N) is 1. The molecule has 5 nitrogen and oxygen atoms in total. The Hall–Kier alpha value is -1.01. The normalized spacial score (nSPS) is 16.5. The minimum Gasteiger partial charge on any atom is -0.492 e. The molecule has 0 saturated carbocycles. The van der Waals surface area contributed by atoms with Crippen molar-refractivity contribution in [2.75, 3.05) is 39.8 Å². The Labute approximate surface area is 141 Å². The van der Waals surface area contributed by atoms with Crippen LogP contribution in [0.5, 0.6) is 5.75 Å². The van der Waals surface area contributed by atoms with Gasteiger partial charge < -0.3 is 9.64 Å². The molecule has 7 heteroatoms. The van der Waals surface area contributed by atoms with E-state index in [1.807, 2.05) is 5.01 Å². The summed E-state index contributed by atoms with van der Waals surface area (Å²) in [5.41, 5.74) is 2.93. The molecule has 1 fully saturated rings. The van der Waals surface area contributed by atoms with Crippen molar-refractivity contribution in [3.63, 3.8) is 0 Å². The first kappa shape index (κ1) is 17.3. The van der Waals surface area contributed by atoms with Crippen molar-refractivity contribution in [3.8, 4) is 5.75 Å². The third-order valence-electron chi connectivity index (χ3n) is 3.49. The van der Waals surface area contributed by atoms with E-state index in [0.29, 0.717) is 35.2 Å². The number of hydrogen-bond donors (Lipinski definition) is 1. The lowest BCUT2D eigenvalue weighted by Crippen LogP contribution is -2.52. The number of hydrogen-bond acceptors (Lipinski definition) is 4. The van der Waals surface area contributed by atoms with Crippen LogP contribution in [0.25, 0.3) is 0 Å². The lowest BCUT2D eigenvalue weighted by molar-refractivity contribution is -0.126. The number of likely N-dealkylation sites (N-methyl/N-ethyl adjacent to an activating group) is 1. The minimum absolute atomic E-state index is 0.0235. The van der Waals surface area contributed by atoms with E-state index in [9.17, 15) is 4.79 Å². The standard InChI is InChI=1S/C15H21Cl2N3O2/c1-19-6-8-20(9-7-19)18-15(21)3-2-10-22-14-5-4-12(16)11-13(14)17/h4-5,11H,2-3,6-10H2,1H3,(H,18,21). The number of amides is 1. The summed E-state index contributed by atoms with van der Waals surface area (Å²) < 4.78 is 5.56. The number of nitrogens with zero attached hydrogens (tertiary/aromatic N) is 2. The van der Waals surface area contributed by atoms with Gasteiger partial charge >= 0.3 is 0 Å². The molecule has 1 aliphatic heterocycles. The Morgan fingerprint density at radius 1 is 1.27 bits per heavy atom. The van der Waals surface area contributed by atoms with Gasteiger partial charge in [-0.3, -0.25) is 10.2 Å². The van der Waals surface area contributed by atoms with Crippen molar-refractivity contribution < 1.29 is 9.53 Å². The topological polar surface area (TPSA) is 44.8 Å². The largest absolute Gasteiger partial charge is 0.492 e. The maximum absolute atomic E-state index is 11.9. The Morgan fingerprint density at radius 2 is 2.00 bits per heavy atom. The third-order valence-corrected chi connectivity index (χ3v) is 4.02. The molecule has 1 saturated heterocycles. The molecule has 122 valence electrons. The van der Waals surface area contributed by atoms with Crippen molar-refractivity contribution in [2.24, 2.45) is 0 Å². The highest BCUT2D eigenvalue weighted by Crippen LogP contribution is 2.27. The molecule has 0 aliphatic carbocycles. The first-order chi connectivity index (χ1) is 10.5. The second-order valence-electron chi connectivity index (χ2n) is 5.35. The van der Waals surface area contributed by atoms with Crippen LogP contribution < -0.4 is 10.2 Å². The Morgan fingerprint density at radius 3 is 2.68 bits per heavy atom. The average Bonchev–Trinajstić information content (AvgIpc) is 2.48. The number of halogens is 2. The van der Waals surface area contributed by atoms with E-state index < -0.39 is 0 Å². The van der Waals surface area contributed by atoms with Crippen molar-refractivity contribution in [1.82, 2.24) is 15.3 Å². The predicted molar refractivity (Wildman–Crippen MR) is 88.4 cm³/mol. The monoisotopic (exact) mass is 345 g/mol. The molecule has 1 aromatic carbocycles. The molecule has 1 N–H and O–H groups in total. The summed E-state index contributed by atoms with van der Waals surface area (Å²) in [5.74, 6) is 0.612. The Balaban J connectivity index is 1.62. The summed E-state index contributed by atoms with van der Waals surface area (Å²) in [5, 5.41) is 3.03. The molecule has 2 rings (SSSR count). The summed E-state index contributed by atoms with van der Waals surface area (Å²) in [6.07, 6.45) is 1.07. The highest BCUT2D eigenvalue weighted by atomic mass is 35.5. The van der Waals surface area contributed by atoms with E-state index in [1.54, 1.807) is 18.2 Å². The first-order valence-corrected chi connectivity index (χ1v) is 8.11. The van der Waals surface area contributed by atoms with Gasteiger partial charge in [-0.1, -0.05) is 23.2 Å². The van der Waals surface area contributed by atoms with Crippen molar-refractivity contribution >= 4 is 29.1 Å². The van der Waals surface area contributed by atoms with Crippen molar-refractivity contribution in [2.45, 2.75) is 12.8 Å². The Bertz CT molecular complexity index is 506. The summed E-state index contributed by atoms with van der Waals surface area (Å²) in [6, 6.07) is 5.09. The average molecular weight is 346 g/mol. The van der Waals surface area contributed by atoms with Gasteiger partial charge in [0.05, 0.1) is 11.6 Å². The van der Waals surface area contributed by atoms with E-state index >= 15 is 0 Å². The molecule has 0 bridgehead atoms. The van der Waals surface area contributed by atoms with Gasteiger partial charge in [-0.25, -0.2) is 5.01 Å². The molecular formula is C15H21Cl2N3O2. The third kappa shape index (κ3) is 5.65. The fourth-order valence-corrected chi connectivity index (χ4v) is 2.62. The summed E-state index contributed by atoms with van der Waals surface area (Å²) in [4.78, 5) is 14.1. The zero-order chi connectivity index (χ0) is 15.9. The predicted octanol–water partition coefficient (Wildman–Crippen LogP) is 2.43. The molecule has 0 radical (unpaired) electrons. The quantitative estimate of drug-likeness (QED) is 0.804. The number of rotatable bonds is 6. The van der Waals surface area contributed by atoms with Crippen LogP contribution in [0.4, 0.5) is 0 Å². The number of carbonyl (C=O) groups is 1. The number of benzene rings is 1. The molecule has 22 heavy (non-hydrogen) atoms. The lowest BCUT2D eigenvalue weighted by atomic mass is 10.3. The molecule has 0 unspecified atom stereocenters. The number of hydrazine groups is 1. The highest BCUT2D eigenvalue weighted by molar-refractivity contribution is 6.35. The van der Waals surface area contributed by atoms with Gasteiger partial charge in [-0.15, -0.1) is 0 Å². The SMILES string of the molecule is CN1CCN(NC(=O)CCCOc2ccc(Cl)cc2Cl)CC1. The maximum Gasteiger partial charge on any atom is 0.234 e. The summed E-state index contributed by atoms with van der Waals surface area (Å²) in [7, 11) is 2.08. The molecule has 0 spiro atoms. The van der Waals surface area contributed by atoms with Gasteiger partial charge in [-0.05, 0) is 31.7 Å². The van der Waals surface area contributed by atoms with Gasteiger partial charge in [0.15, 0.2) is 0 Å². The first-order valence-electron chi connectivity index (χ1n) is 7.35. The van der Waals surface area contributed by atoms with Gasteiger partial charge in [0.25, 0.3) is 0 Å². The van der Waals surface area contributed by atoms with Crippen LogP contribution in [-0.4, -0.2) is 55.6 Å². The van der Waals surface area contributed by atoms with E-state index in [2.05, 4.69) is 17.4 Å². The van der Waals surface area contributed by atoms with Crippen molar-refractivity contribution in [3.05, 3.63) is 28.2 Å². The second-order valence-corrected chi connectivity index (χ2v) is 6.20. The molecule has 1 aliphatic rings. The zero-order valence-electron chi connectivity index (χ0n) is 12.6. The number of ether oxygens (including phenoxy) is 1. The molecule has 1 heterocycles. The van der Waals surface area contributed by atoms with Crippen LogP contribution in [0.15, 0.2) is 18.2 Å². The number of carbonyl (C=O) groups excluding carboxylic acids is 1. The molecule has 1 aromatic rings.